The number of nitrogens with one attached hydrogen (secondary N) is 1. The maximum atomic E-state index is 11.8. The summed E-state index contributed by atoms with van der Waals surface area (Å²) in [4.78, 5) is 13.8. The van der Waals surface area contributed by atoms with Gasteiger partial charge in [-0.25, -0.2) is 0 Å². The van der Waals surface area contributed by atoms with Crippen LogP contribution in [-0.2, 0) is 4.79 Å². The molecule has 2 fully saturated rings. The lowest BCUT2D eigenvalue weighted by Gasteiger charge is -2.37. The predicted molar refractivity (Wildman–Crippen MR) is 56.0 cm³/mol. The zero-order chi connectivity index (χ0) is 10.1. The van der Waals surface area contributed by atoms with Crippen molar-refractivity contribution < 1.29 is 4.79 Å². The Balaban J connectivity index is 2.10. The second kappa shape index (κ2) is 3.73. The number of fused-ring (bicyclic) bond motifs is 1. The van der Waals surface area contributed by atoms with E-state index in [4.69, 9.17) is 0 Å². The van der Waals surface area contributed by atoms with Crippen LogP contribution in [0.2, 0.25) is 0 Å². The Morgan fingerprint density at radius 1 is 1.50 bits per heavy atom. The van der Waals surface area contributed by atoms with Crippen LogP contribution < -0.4 is 5.32 Å². The van der Waals surface area contributed by atoms with Crippen LogP contribution in [0.25, 0.3) is 0 Å². The Bertz CT molecular complexity index is 262. The average Bonchev–Trinajstić information content (AvgIpc) is 2.63. The van der Waals surface area contributed by atoms with Gasteiger partial charge < -0.3 is 10.2 Å². The quantitative estimate of drug-likeness (QED) is 0.629. The van der Waals surface area contributed by atoms with Crippen molar-refractivity contribution in [2.45, 2.75) is 38.3 Å². The fourth-order valence-corrected chi connectivity index (χ4v) is 2.57. The first-order valence-electron chi connectivity index (χ1n) is 5.40. The highest BCUT2D eigenvalue weighted by Gasteiger charge is 2.36. The number of carbonyl (C=O) groups excluding carboxylic acids is 1. The van der Waals surface area contributed by atoms with Gasteiger partial charge in [0.2, 0.25) is 5.91 Å². The summed E-state index contributed by atoms with van der Waals surface area (Å²) in [6.45, 7) is 7.49. The van der Waals surface area contributed by atoms with Gasteiger partial charge in [-0.3, -0.25) is 4.79 Å². The van der Waals surface area contributed by atoms with Crippen molar-refractivity contribution in [1.82, 2.24) is 10.2 Å². The summed E-state index contributed by atoms with van der Waals surface area (Å²) >= 11 is 0. The van der Waals surface area contributed by atoms with Crippen LogP contribution in [0.15, 0.2) is 12.2 Å². The molecular formula is C11H18N2O. The van der Waals surface area contributed by atoms with Crippen molar-refractivity contribution in [2.24, 2.45) is 0 Å². The standard InChI is InChI=1S/C11H18N2O/c1-8(2)11(14)13-7-3-4-9-10(13)5-6-12-9/h9-10,12H,1,3-7H2,2H3. The third-order valence-electron chi connectivity index (χ3n) is 3.25. The average molecular weight is 194 g/mol. The van der Waals surface area contributed by atoms with Crippen LogP contribution in [0.4, 0.5) is 0 Å². The minimum Gasteiger partial charge on any atom is -0.334 e. The molecule has 1 amide bonds. The van der Waals surface area contributed by atoms with Gasteiger partial charge >= 0.3 is 0 Å². The summed E-state index contributed by atoms with van der Waals surface area (Å²) in [5, 5.41) is 3.46. The van der Waals surface area contributed by atoms with Gasteiger partial charge in [-0.1, -0.05) is 6.58 Å². The third kappa shape index (κ3) is 1.57. The first-order valence-corrected chi connectivity index (χ1v) is 5.40. The second-order valence-electron chi connectivity index (χ2n) is 4.34. The van der Waals surface area contributed by atoms with E-state index in [9.17, 15) is 4.79 Å². The number of nitrogens with zero attached hydrogens (tertiary/aromatic N) is 1. The van der Waals surface area contributed by atoms with Crippen molar-refractivity contribution in [3.05, 3.63) is 12.2 Å². The Kier molecular flexibility index (Phi) is 2.59. The van der Waals surface area contributed by atoms with Crippen LogP contribution in [0.1, 0.15) is 26.2 Å². The molecule has 0 bridgehead atoms. The first-order chi connectivity index (χ1) is 6.70. The second-order valence-corrected chi connectivity index (χ2v) is 4.34. The van der Waals surface area contributed by atoms with Crippen LogP contribution >= 0.6 is 0 Å². The Morgan fingerprint density at radius 2 is 2.29 bits per heavy atom. The van der Waals surface area contributed by atoms with Gasteiger partial charge in [0.1, 0.15) is 0 Å². The summed E-state index contributed by atoms with van der Waals surface area (Å²) in [6, 6.07) is 0.958. The van der Waals surface area contributed by atoms with Crippen LogP contribution in [0, 0.1) is 0 Å². The summed E-state index contributed by atoms with van der Waals surface area (Å²) in [5.41, 5.74) is 0.664. The molecule has 1 N–H and O–H groups in total. The highest BCUT2D eigenvalue weighted by Crippen LogP contribution is 2.25. The molecule has 0 aromatic heterocycles. The molecule has 0 aromatic rings. The van der Waals surface area contributed by atoms with E-state index in [1.54, 1.807) is 6.92 Å². The summed E-state index contributed by atoms with van der Waals surface area (Å²) < 4.78 is 0. The van der Waals surface area contributed by atoms with Gasteiger partial charge in [0.05, 0.1) is 0 Å². The largest absolute Gasteiger partial charge is 0.334 e. The van der Waals surface area contributed by atoms with Gasteiger partial charge in [0, 0.05) is 24.2 Å². The number of likely N-dealkylation sites (tertiary alicyclic amines) is 1. The molecule has 3 nitrogen and oxygen atoms in total. The molecule has 0 saturated carbocycles. The molecule has 14 heavy (non-hydrogen) atoms. The topological polar surface area (TPSA) is 32.3 Å². The predicted octanol–water partition coefficient (Wildman–Crippen LogP) is 0.915. The molecule has 2 saturated heterocycles. The monoisotopic (exact) mass is 194 g/mol. The van der Waals surface area contributed by atoms with Crippen molar-refractivity contribution in [3.8, 4) is 0 Å². The molecule has 2 aliphatic heterocycles. The fourth-order valence-electron chi connectivity index (χ4n) is 2.57. The number of hydrogen-bond acceptors (Lipinski definition) is 2. The van der Waals surface area contributed by atoms with E-state index in [0.717, 1.165) is 25.9 Å². The molecular weight excluding hydrogens is 176 g/mol. The summed E-state index contributed by atoms with van der Waals surface area (Å²) in [7, 11) is 0. The van der Waals surface area contributed by atoms with E-state index in [0.29, 0.717) is 17.7 Å². The van der Waals surface area contributed by atoms with Gasteiger partial charge in [-0.05, 0) is 32.7 Å². The lowest BCUT2D eigenvalue weighted by Crippen LogP contribution is -2.51. The zero-order valence-corrected chi connectivity index (χ0v) is 8.75. The first kappa shape index (κ1) is 9.71. The molecule has 78 valence electrons. The number of piperidine rings is 1. The van der Waals surface area contributed by atoms with Gasteiger partial charge in [0.25, 0.3) is 0 Å². The molecule has 2 aliphatic rings. The Morgan fingerprint density at radius 3 is 3.00 bits per heavy atom. The number of rotatable bonds is 1. The van der Waals surface area contributed by atoms with Gasteiger partial charge in [-0.2, -0.15) is 0 Å². The van der Waals surface area contributed by atoms with E-state index < -0.39 is 0 Å². The van der Waals surface area contributed by atoms with Crippen molar-refractivity contribution in [2.75, 3.05) is 13.1 Å². The zero-order valence-electron chi connectivity index (χ0n) is 8.75. The van der Waals surface area contributed by atoms with Crippen molar-refractivity contribution >= 4 is 5.91 Å². The maximum Gasteiger partial charge on any atom is 0.249 e. The van der Waals surface area contributed by atoms with Crippen molar-refractivity contribution in [3.63, 3.8) is 0 Å². The van der Waals surface area contributed by atoms with E-state index in [1.807, 2.05) is 4.90 Å². The smallest absolute Gasteiger partial charge is 0.249 e. The lowest BCUT2D eigenvalue weighted by atomic mass is 9.97. The van der Waals surface area contributed by atoms with E-state index in [1.165, 1.54) is 6.42 Å². The van der Waals surface area contributed by atoms with E-state index in [-0.39, 0.29) is 5.91 Å². The van der Waals surface area contributed by atoms with Crippen molar-refractivity contribution in [1.29, 1.82) is 0 Å². The van der Waals surface area contributed by atoms with E-state index in [2.05, 4.69) is 11.9 Å². The van der Waals surface area contributed by atoms with Gasteiger partial charge in [-0.15, -0.1) is 0 Å². The molecule has 2 unspecified atom stereocenters. The molecule has 3 heteroatoms. The van der Waals surface area contributed by atoms with Crippen LogP contribution in [-0.4, -0.2) is 36.0 Å². The highest BCUT2D eigenvalue weighted by atomic mass is 16.2. The normalized spacial score (nSPS) is 31.4. The highest BCUT2D eigenvalue weighted by molar-refractivity contribution is 5.92. The molecule has 2 heterocycles. The van der Waals surface area contributed by atoms with Crippen LogP contribution in [0.5, 0.6) is 0 Å². The number of hydrogen-bond donors (Lipinski definition) is 1. The summed E-state index contributed by atoms with van der Waals surface area (Å²) in [5.74, 6) is 0.142. The number of amides is 1. The maximum absolute atomic E-state index is 11.8. The molecule has 2 atom stereocenters. The van der Waals surface area contributed by atoms with Crippen LogP contribution in [0.3, 0.4) is 0 Å². The minimum absolute atomic E-state index is 0.142. The molecule has 2 rings (SSSR count). The number of carbonyl (C=O) groups is 1. The van der Waals surface area contributed by atoms with E-state index >= 15 is 0 Å². The Hall–Kier alpha value is -0.830. The third-order valence-corrected chi connectivity index (χ3v) is 3.25. The fraction of sp³-hybridized carbons (Fsp3) is 0.727. The molecule has 0 aliphatic carbocycles. The summed E-state index contributed by atoms with van der Waals surface area (Å²) in [6.07, 6.45) is 3.43. The Labute approximate surface area is 85.2 Å². The molecule has 0 aromatic carbocycles. The lowest BCUT2D eigenvalue weighted by molar-refractivity contribution is -0.130. The molecule has 0 radical (unpaired) electrons. The molecule has 0 spiro atoms. The SMILES string of the molecule is C=C(C)C(=O)N1CCCC2NCCC21. The van der Waals surface area contributed by atoms with Gasteiger partial charge in [0.15, 0.2) is 0 Å². The minimum atomic E-state index is 0.142.